The maximum absolute atomic E-state index is 12.2. The van der Waals surface area contributed by atoms with E-state index in [-0.39, 0.29) is 36.6 Å². The number of hydrogen-bond acceptors (Lipinski definition) is 5. The summed E-state index contributed by atoms with van der Waals surface area (Å²) in [4.78, 5) is 24.0. The molecule has 1 aromatic heterocycles. The predicted octanol–water partition coefficient (Wildman–Crippen LogP) is 2.37. The molecule has 7 heteroatoms. The van der Waals surface area contributed by atoms with Crippen molar-refractivity contribution in [2.75, 3.05) is 19.7 Å². The van der Waals surface area contributed by atoms with E-state index in [0.29, 0.717) is 12.3 Å². The molecule has 1 fully saturated rings. The Labute approximate surface area is 158 Å². The van der Waals surface area contributed by atoms with Gasteiger partial charge in [0, 0.05) is 37.7 Å². The first-order valence-corrected chi connectivity index (χ1v) is 9.24. The molecule has 144 valence electrons. The Bertz CT molecular complexity index is 809. The first kappa shape index (κ1) is 19.1. The summed E-state index contributed by atoms with van der Waals surface area (Å²) in [5, 5.41) is 9.34. The quantitative estimate of drug-likeness (QED) is 0.779. The van der Waals surface area contributed by atoms with Gasteiger partial charge in [-0.05, 0) is 43.9 Å². The minimum absolute atomic E-state index is 0.109. The van der Waals surface area contributed by atoms with Crippen molar-refractivity contribution in [2.45, 2.75) is 39.2 Å². The average molecular weight is 371 g/mol. The molecule has 7 nitrogen and oxygen atoms in total. The van der Waals surface area contributed by atoms with Crippen molar-refractivity contribution in [1.82, 2.24) is 15.8 Å². The molecule has 2 heterocycles. The molecule has 0 saturated carbocycles. The minimum atomic E-state index is -0.360. The zero-order valence-electron chi connectivity index (χ0n) is 15.7. The van der Waals surface area contributed by atoms with Gasteiger partial charge in [-0.2, -0.15) is 0 Å². The average Bonchev–Trinajstić information content (AvgIpc) is 3.34. The van der Waals surface area contributed by atoms with Crippen LogP contribution in [0.4, 0.5) is 0 Å². The van der Waals surface area contributed by atoms with Crippen molar-refractivity contribution in [3.8, 4) is 11.3 Å². The number of nitrogens with one attached hydrogen (secondary N) is 2. The molecule has 3 rings (SSSR count). The number of nitrogens with zero attached hydrogens (tertiary/aromatic N) is 1. The zero-order chi connectivity index (χ0) is 19.2. The normalized spacial score (nSPS) is 16.3. The predicted molar refractivity (Wildman–Crippen MR) is 100 cm³/mol. The maximum atomic E-state index is 12.2. The number of hydrogen-bond donors (Lipinski definition) is 2. The topological polar surface area (TPSA) is 93.5 Å². The molecule has 1 aliphatic heterocycles. The standard InChI is InChI=1S/C20H25N3O4/c1-13-5-6-15(10-14(13)2)18-11-17(23-27-18)20(25)21-8-7-19(24)22-12-16-4-3-9-26-16/h5-6,10-11,16H,3-4,7-9,12H2,1-2H3,(H,21,25)(H,22,24)/t16-/m1/s1. The van der Waals surface area contributed by atoms with Crippen molar-refractivity contribution < 1.29 is 18.8 Å². The molecular formula is C20H25N3O4. The van der Waals surface area contributed by atoms with Crippen LogP contribution in [0.1, 0.15) is 40.9 Å². The number of carbonyl (C=O) groups is 2. The van der Waals surface area contributed by atoms with E-state index in [1.54, 1.807) is 6.07 Å². The molecule has 1 atom stereocenters. The summed E-state index contributed by atoms with van der Waals surface area (Å²) in [5.74, 6) is 0.0695. The molecule has 0 spiro atoms. The summed E-state index contributed by atoms with van der Waals surface area (Å²) < 4.78 is 10.7. The van der Waals surface area contributed by atoms with E-state index in [1.807, 2.05) is 32.0 Å². The van der Waals surface area contributed by atoms with Gasteiger partial charge in [0.15, 0.2) is 11.5 Å². The van der Waals surface area contributed by atoms with Gasteiger partial charge in [0.1, 0.15) is 0 Å². The van der Waals surface area contributed by atoms with Gasteiger partial charge in [-0.1, -0.05) is 17.3 Å². The van der Waals surface area contributed by atoms with Crippen LogP contribution < -0.4 is 10.6 Å². The van der Waals surface area contributed by atoms with E-state index in [9.17, 15) is 9.59 Å². The smallest absolute Gasteiger partial charge is 0.273 e. The summed E-state index contributed by atoms with van der Waals surface area (Å²) in [6.07, 6.45) is 2.34. The minimum Gasteiger partial charge on any atom is -0.376 e. The Morgan fingerprint density at radius 3 is 2.78 bits per heavy atom. The van der Waals surface area contributed by atoms with Gasteiger partial charge in [0.25, 0.3) is 5.91 Å². The third-order valence-corrected chi connectivity index (χ3v) is 4.72. The summed E-state index contributed by atoms with van der Waals surface area (Å²) in [7, 11) is 0. The highest BCUT2D eigenvalue weighted by Gasteiger charge is 2.17. The number of ether oxygens (including phenoxy) is 1. The van der Waals surface area contributed by atoms with Crippen molar-refractivity contribution in [1.29, 1.82) is 0 Å². The van der Waals surface area contributed by atoms with E-state index in [0.717, 1.165) is 30.6 Å². The second kappa shape index (κ2) is 8.81. The second-order valence-electron chi connectivity index (χ2n) is 6.82. The number of rotatable bonds is 7. The number of aryl methyl sites for hydroxylation is 2. The first-order valence-electron chi connectivity index (χ1n) is 9.24. The lowest BCUT2D eigenvalue weighted by Gasteiger charge is -2.10. The van der Waals surface area contributed by atoms with Gasteiger partial charge >= 0.3 is 0 Å². The van der Waals surface area contributed by atoms with E-state index >= 15 is 0 Å². The summed E-state index contributed by atoms with van der Waals surface area (Å²) in [6, 6.07) is 7.54. The van der Waals surface area contributed by atoms with Crippen LogP contribution in [0.25, 0.3) is 11.3 Å². The van der Waals surface area contributed by atoms with Crippen molar-refractivity contribution in [3.63, 3.8) is 0 Å². The largest absolute Gasteiger partial charge is 0.376 e. The molecule has 1 aromatic carbocycles. The molecule has 2 N–H and O–H groups in total. The number of amides is 2. The van der Waals surface area contributed by atoms with Crippen LogP contribution in [0.5, 0.6) is 0 Å². The molecule has 27 heavy (non-hydrogen) atoms. The van der Waals surface area contributed by atoms with Crippen LogP contribution in [-0.4, -0.2) is 42.8 Å². The van der Waals surface area contributed by atoms with E-state index in [1.165, 1.54) is 5.56 Å². The lowest BCUT2D eigenvalue weighted by molar-refractivity contribution is -0.121. The number of carbonyl (C=O) groups excluding carboxylic acids is 2. The lowest BCUT2D eigenvalue weighted by atomic mass is 10.0. The highest BCUT2D eigenvalue weighted by molar-refractivity contribution is 5.93. The van der Waals surface area contributed by atoms with E-state index in [2.05, 4.69) is 15.8 Å². The van der Waals surface area contributed by atoms with Crippen molar-refractivity contribution >= 4 is 11.8 Å². The zero-order valence-corrected chi connectivity index (χ0v) is 15.7. The van der Waals surface area contributed by atoms with Gasteiger partial charge in [-0.3, -0.25) is 9.59 Å². The fraction of sp³-hybridized carbons (Fsp3) is 0.450. The van der Waals surface area contributed by atoms with Crippen LogP contribution in [0, 0.1) is 13.8 Å². The molecule has 2 amide bonds. The SMILES string of the molecule is Cc1ccc(-c2cc(C(=O)NCCC(=O)NC[C@H]3CCCO3)no2)cc1C. The fourth-order valence-corrected chi connectivity index (χ4v) is 2.91. The maximum Gasteiger partial charge on any atom is 0.273 e. The summed E-state index contributed by atoms with van der Waals surface area (Å²) >= 11 is 0. The highest BCUT2D eigenvalue weighted by Crippen LogP contribution is 2.23. The van der Waals surface area contributed by atoms with Gasteiger partial charge < -0.3 is 19.9 Å². The molecule has 0 bridgehead atoms. The Balaban J connectivity index is 1.45. The molecule has 1 aliphatic rings. The van der Waals surface area contributed by atoms with Gasteiger partial charge in [0.05, 0.1) is 6.10 Å². The molecule has 0 aliphatic carbocycles. The molecule has 1 saturated heterocycles. The molecule has 2 aromatic rings. The molecule has 0 radical (unpaired) electrons. The van der Waals surface area contributed by atoms with E-state index < -0.39 is 0 Å². The fourth-order valence-electron chi connectivity index (χ4n) is 2.91. The monoisotopic (exact) mass is 371 g/mol. The van der Waals surface area contributed by atoms with Crippen molar-refractivity contribution in [2.24, 2.45) is 0 Å². The van der Waals surface area contributed by atoms with E-state index in [4.69, 9.17) is 9.26 Å². The third kappa shape index (κ3) is 5.17. The van der Waals surface area contributed by atoms with Gasteiger partial charge in [0.2, 0.25) is 5.91 Å². The van der Waals surface area contributed by atoms with Crippen LogP contribution in [-0.2, 0) is 9.53 Å². The Morgan fingerprint density at radius 2 is 2.04 bits per heavy atom. The Hall–Kier alpha value is -2.67. The van der Waals surface area contributed by atoms with Crippen LogP contribution in [0.3, 0.4) is 0 Å². The second-order valence-corrected chi connectivity index (χ2v) is 6.82. The Kier molecular flexibility index (Phi) is 6.24. The van der Waals surface area contributed by atoms with Crippen molar-refractivity contribution in [3.05, 3.63) is 41.1 Å². The van der Waals surface area contributed by atoms with Crippen LogP contribution in [0.15, 0.2) is 28.8 Å². The van der Waals surface area contributed by atoms with Gasteiger partial charge in [-0.15, -0.1) is 0 Å². The molecule has 0 unspecified atom stereocenters. The summed E-state index contributed by atoms with van der Waals surface area (Å²) in [5.41, 5.74) is 3.40. The molecular weight excluding hydrogens is 346 g/mol. The van der Waals surface area contributed by atoms with Crippen LogP contribution >= 0.6 is 0 Å². The first-order chi connectivity index (χ1) is 13.0. The highest BCUT2D eigenvalue weighted by atomic mass is 16.5. The summed E-state index contributed by atoms with van der Waals surface area (Å²) in [6.45, 7) is 5.58. The Morgan fingerprint density at radius 1 is 1.19 bits per heavy atom. The number of aromatic nitrogens is 1. The van der Waals surface area contributed by atoms with Crippen LogP contribution in [0.2, 0.25) is 0 Å². The number of benzene rings is 1. The third-order valence-electron chi connectivity index (χ3n) is 4.72. The lowest BCUT2D eigenvalue weighted by Crippen LogP contribution is -2.34. The van der Waals surface area contributed by atoms with Gasteiger partial charge in [-0.25, -0.2) is 0 Å².